The molecule has 0 spiro atoms. The molecule has 0 aromatic rings. The number of hydrogen-bond acceptors (Lipinski definition) is 3. The second kappa shape index (κ2) is 8.48. The molecule has 0 saturated carbocycles. The van der Waals surface area contributed by atoms with E-state index in [1.54, 1.807) is 0 Å². The van der Waals surface area contributed by atoms with Gasteiger partial charge < -0.3 is 9.64 Å². The maximum Gasteiger partial charge on any atom is 0.241 e. The number of ether oxygens (including phenoxy) is 1. The highest BCUT2D eigenvalue weighted by Crippen LogP contribution is 2.18. The van der Waals surface area contributed by atoms with Crippen LogP contribution >= 0.6 is 0 Å². The zero-order valence-electron chi connectivity index (χ0n) is 12.1. The molecule has 0 aliphatic carbocycles. The van der Waals surface area contributed by atoms with Gasteiger partial charge in [-0.2, -0.15) is 0 Å². The van der Waals surface area contributed by atoms with Crippen molar-refractivity contribution in [2.45, 2.75) is 65.1 Å². The van der Waals surface area contributed by atoms with Crippen molar-refractivity contribution in [1.29, 1.82) is 0 Å². The number of carbonyl (C=O) groups excluding carboxylic acids is 1. The van der Waals surface area contributed by atoms with E-state index in [0.717, 1.165) is 51.9 Å². The molecule has 1 saturated heterocycles. The van der Waals surface area contributed by atoms with Crippen LogP contribution in [0.15, 0.2) is 0 Å². The van der Waals surface area contributed by atoms with Gasteiger partial charge in [0.15, 0.2) is 0 Å². The van der Waals surface area contributed by atoms with Crippen LogP contribution in [0.5, 0.6) is 0 Å². The van der Waals surface area contributed by atoms with Crippen LogP contribution in [0.3, 0.4) is 0 Å². The largest absolute Gasteiger partial charge is 0.382 e. The molecule has 1 fully saturated rings. The predicted octanol–water partition coefficient (Wildman–Crippen LogP) is 2.14. The summed E-state index contributed by atoms with van der Waals surface area (Å²) in [6.45, 7) is 8.61. The molecule has 1 aliphatic rings. The monoisotopic (exact) mass is 256 g/mol. The molecule has 4 heteroatoms. The van der Waals surface area contributed by atoms with Crippen LogP contribution in [0, 0.1) is 0 Å². The minimum absolute atomic E-state index is 0.0404. The minimum atomic E-state index is 0.0404. The van der Waals surface area contributed by atoms with Gasteiger partial charge in [-0.05, 0) is 26.2 Å². The Hall–Kier alpha value is -0.610. The fourth-order valence-electron chi connectivity index (χ4n) is 2.50. The second-order valence-corrected chi connectivity index (χ2v) is 4.89. The van der Waals surface area contributed by atoms with Crippen molar-refractivity contribution in [2.24, 2.45) is 0 Å². The quantitative estimate of drug-likeness (QED) is 0.643. The van der Waals surface area contributed by atoms with Gasteiger partial charge in [0.25, 0.3) is 0 Å². The molecule has 1 aliphatic heterocycles. The van der Waals surface area contributed by atoms with E-state index in [9.17, 15) is 4.79 Å². The first-order valence-electron chi connectivity index (χ1n) is 7.38. The number of hydrogen-bond donors (Lipinski definition) is 1. The van der Waals surface area contributed by atoms with Crippen molar-refractivity contribution in [1.82, 2.24) is 10.2 Å². The minimum Gasteiger partial charge on any atom is -0.382 e. The van der Waals surface area contributed by atoms with Crippen LogP contribution < -0.4 is 5.32 Å². The maximum atomic E-state index is 12.3. The molecular formula is C14H28N2O2. The van der Waals surface area contributed by atoms with E-state index >= 15 is 0 Å². The van der Waals surface area contributed by atoms with Gasteiger partial charge >= 0.3 is 0 Å². The van der Waals surface area contributed by atoms with E-state index in [2.05, 4.69) is 19.2 Å². The first-order chi connectivity index (χ1) is 8.74. The Morgan fingerprint density at radius 2 is 1.94 bits per heavy atom. The Kier molecular flexibility index (Phi) is 7.28. The van der Waals surface area contributed by atoms with E-state index in [1.807, 2.05) is 11.8 Å². The standard InChI is InChI=1S/C14H28N2O2/c1-4-8-12-14(17)16(10-7-11-18-6-3)13(15-12)9-5-2/h12-13,15H,4-11H2,1-3H3. The lowest BCUT2D eigenvalue weighted by Gasteiger charge is -2.23. The summed E-state index contributed by atoms with van der Waals surface area (Å²) in [6, 6.07) is 0.0404. The van der Waals surface area contributed by atoms with Crippen molar-refractivity contribution in [3.05, 3.63) is 0 Å². The molecule has 0 bridgehead atoms. The van der Waals surface area contributed by atoms with Gasteiger partial charge in [0.1, 0.15) is 0 Å². The van der Waals surface area contributed by atoms with Gasteiger partial charge in [-0.25, -0.2) is 0 Å². The fraction of sp³-hybridized carbons (Fsp3) is 0.929. The van der Waals surface area contributed by atoms with Gasteiger partial charge in [0.05, 0.1) is 12.2 Å². The van der Waals surface area contributed by atoms with Crippen molar-refractivity contribution < 1.29 is 9.53 Å². The molecule has 2 atom stereocenters. The Morgan fingerprint density at radius 1 is 1.22 bits per heavy atom. The highest BCUT2D eigenvalue weighted by molar-refractivity contribution is 5.84. The zero-order chi connectivity index (χ0) is 13.4. The first-order valence-corrected chi connectivity index (χ1v) is 7.38. The normalized spacial score (nSPS) is 23.9. The first kappa shape index (κ1) is 15.4. The van der Waals surface area contributed by atoms with Gasteiger partial charge in [-0.3, -0.25) is 10.1 Å². The lowest BCUT2D eigenvalue weighted by Crippen LogP contribution is -2.38. The molecule has 0 aromatic carbocycles. The molecule has 4 nitrogen and oxygen atoms in total. The van der Waals surface area contributed by atoms with Crippen LogP contribution in [0.4, 0.5) is 0 Å². The second-order valence-electron chi connectivity index (χ2n) is 4.89. The van der Waals surface area contributed by atoms with E-state index in [1.165, 1.54) is 0 Å². The lowest BCUT2D eigenvalue weighted by atomic mass is 10.2. The molecule has 1 rings (SSSR count). The molecule has 106 valence electrons. The van der Waals surface area contributed by atoms with E-state index in [-0.39, 0.29) is 18.1 Å². The average molecular weight is 256 g/mol. The third-order valence-corrected chi connectivity index (χ3v) is 3.38. The third-order valence-electron chi connectivity index (χ3n) is 3.38. The smallest absolute Gasteiger partial charge is 0.241 e. The summed E-state index contributed by atoms with van der Waals surface area (Å²) >= 11 is 0. The fourth-order valence-corrected chi connectivity index (χ4v) is 2.50. The average Bonchev–Trinajstić information content (AvgIpc) is 2.64. The molecule has 18 heavy (non-hydrogen) atoms. The maximum absolute atomic E-state index is 12.3. The van der Waals surface area contributed by atoms with Crippen molar-refractivity contribution in [3.8, 4) is 0 Å². The molecular weight excluding hydrogens is 228 g/mol. The molecule has 2 unspecified atom stereocenters. The number of rotatable bonds is 9. The highest BCUT2D eigenvalue weighted by Gasteiger charge is 2.36. The van der Waals surface area contributed by atoms with Gasteiger partial charge in [0, 0.05) is 19.8 Å². The predicted molar refractivity (Wildman–Crippen MR) is 73.4 cm³/mol. The summed E-state index contributed by atoms with van der Waals surface area (Å²) in [4.78, 5) is 14.3. The van der Waals surface area contributed by atoms with Crippen LogP contribution in [-0.2, 0) is 9.53 Å². The van der Waals surface area contributed by atoms with Crippen LogP contribution in [0.1, 0.15) is 52.9 Å². The van der Waals surface area contributed by atoms with Crippen molar-refractivity contribution in [2.75, 3.05) is 19.8 Å². The summed E-state index contributed by atoms with van der Waals surface area (Å²) in [7, 11) is 0. The highest BCUT2D eigenvalue weighted by atomic mass is 16.5. The van der Waals surface area contributed by atoms with Gasteiger partial charge in [-0.15, -0.1) is 0 Å². The summed E-state index contributed by atoms with van der Waals surface area (Å²) in [5, 5.41) is 3.47. The molecule has 0 radical (unpaired) electrons. The number of nitrogens with zero attached hydrogens (tertiary/aromatic N) is 1. The molecule has 1 N–H and O–H groups in total. The summed E-state index contributed by atoms with van der Waals surface area (Å²) in [5.41, 5.74) is 0. The Bertz CT molecular complexity index is 246. The van der Waals surface area contributed by atoms with E-state index < -0.39 is 0 Å². The Labute approximate surface area is 111 Å². The van der Waals surface area contributed by atoms with Crippen molar-refractivity contribution in [3.63, 3.8) is 0 Å². The zero-order valence-corrected chi connectivity index (χ0v) is 12.1. The Morgan fingerprint density at radius 3 is 2.56 bits per heavy atom. The van der Waals surface area contributed by atoms with Crippen molar-refractivity contribution >= 4 is 5.91 Å². The van der Waals surface area contributed by atoms with Gasteiger partial charge in [0.2, 0.25) is 5.91 Å². The third kappa shape index (κ3) is 4.25. The number of nitrogens with one attached hydrogen (secondary N) is 1. The molecule has 1 heterocycles. The van der Waals surface area contributed by atoms with Crippen LogP contribution in [0.25, 0.3) is 0 Å². The number of amides is 1. The van der Waals surface area contributed by atoms with E-state index in [0.29, 0.717) is 0 Å². The summed E-state index contributed by atoms with van der Waals surface area (Å²) in [5.74, 6) is 0.284. The molecule has 0 aromatic heterocycles. The van der Waals surface area contributed by atoms with Crippen LogP contribution in [-0.4, -0.2) is 42.8 Å². The topological polar surface area (TPSA) is 41.6 Å². The Balaban J connectivity index is 2.46. The lowest BCUT2D eigenvalue weighted by molar-refractivity contribution is -0.130. The summed E-state index contributed by atoms with van der Waals surface area (Å²) < 4.78 is 5.34. The van der Waals surface area contributed by atoms with Gasteiger partial charge in [-0.1, -0.05) is 26.7 Å². The SMILES string of the molecule is CCCC1NC(CCC)N(CCCOCC)C1=O. The number of carbonyl (C=O) groups is 1. The van der Waals surface area contributed by atoms with Crippen LogP contribution in [0.2, 0.25) is 0 Å². The summed E-state index contributed by atoms with van der Waals surface area (Å²) in [6.07, 6.45) is 5.31. The van der Waals surface area contributed by atoms with E-state index in [4.69, 9.17) is 4.74 Å². The molecule has 1 amide bonds.